The van der Waals surface area contributed by atoms with Gasteiger partial charge in [0.1, 0.15) is 0 Å². The van der Waals surface area contributed by atoms with Gasteiger partial charge >= 0.3 is 0 Å². The quantitative estimate of drug-likeness (QED) is 0.294. The van der Waals surface area contributed by atoms with Gasteiger partial charge in [-0.3, -0.25) is 4.99 Å². The number of aromatic nitrogens is 2. The lowest BCUT2D eigenvalue weighted by atomic mass is 9.93. The van der Waals surface area contributed by atoms with Crippen LogP contribution in [0.2, 0.25) is 0 Å². The smallest absolute Gasteiger partial charge is 0.194 e. The number of aliphatic imine (C=N–C) groups is 1. The highest BCUT2D eigenvalue weighted by Gasteiger charge is 2.28. The number of hydrogen-bond acceptors (Lipinski definition) is 3. The van der Waals surface area contributed by atoms with Gasteiger partial charge in [0.25, 0.3) is 0 Å². The summed E-state index contributed by atoms with van der Waals surface area (Å²) in [7, 11) is 0. The number of rotatable bonds is 7. The van der Waals surface area contributed by atoms with Crippen LogP contribution in [0, 0.1) is 11.8 Å². The molecule has 2 fully saturated rings. The molecule has 1 saturated carbocycles. The Morgan fingerprint density at radius 2 is 2.20 bits per heavy atom. The van der Waals surface area contributed by atoms with Gasteiger partial charge in [-0.15, -0.1) is 24.0 Å². The first-order valence-electron chi connectivity index (χ1n) is 9.36. The van der Waals surface area contributed by atoms with Crippen molar-refractivity contribution < 1.29 is 4.74 Å². The first-order valence-corrected chi connectivity index (χ1v) is 9.36. The molecule has 0 amide bonds. The van der Waals surface area contributed by atoms with E-state index in [1.54, 1.807) is 0 Å². The SMILES string of the molecule is CCNC(=NCCOCC1CC1)N1CCC(C)C(n2ccnc2)C1.I. The molecule has 2 aliphatic rings. The fraction of sp³-hybridized carbons (Fsp3) is 0.778. The second-order valence-corrected chi connectivity index (χ2v) is 7.04. The number of piperidine rings is 1. The van der Waals surface area contributed by atoms with Crippen molar-refractivity contribution in [3.8, 4) is 0 Å². The lowest BCUT2D eigenvalue weighted by molar-refractivity contribution is 0.131. The van der Waals surface area contributed by atoms with Crippen LogP contribution in [-0.2, 0) is 4.74 Å². The predicted octanol–water partition coefficient (Wildman–Crippen LogP) is 2.78. The van der Waals surface area contributed by atoms with E-state index in [-0.39, 0.29) is 24.0 Å². The van der Waals surface area contributed by atoms with Crippen molar-refractivity contribution in [1.82, 2.24) is 19.8 Å². The molecule has 1 aliphatic heterocycles. The van der Waals surface area contributed by atoms with Crippen molar-refractivity contribution in [1.29, 1.82) is 0 Å². The van der Waals surface area contributed by atoms with E-state index in [0.717, 1.165) is 51.3 Å². The molecule has 0 radical (unpaired) electrons. The minimum absolute atomic E-state index is 0. The van der Waals surface area contributed by atoms with Gasteiger partial charge in [0.2, 0.25) is 0 Å². The zero-order valence-corrected chi connectivity index (χ0v) is 17.8. The molecule has 7 heteroatoms. The average Bonchev–Trinajstić information content (AvgIpc) is 3.25. The van der Waals surface area contributed by atoms with Gasteiger partial charge in [0.05, 0.1) is 25.5 Å². The highest BCUT2D eigenvalue weighted by atomic mass is 127. The average molecular weight is 461 g/mol. The summed E-state index contributed by atoms with van der Waals surface area (Å²) in [5.74, 6) is 2.49. The van der Waals surface area contributed by atoms with Gasteiger partial charge in [-0.05, 0) is 38.0 Å². The number of nitrogens with one attached hydrogen (secondary N) is 1. The summed E-state index contributed by atoms with van der Waals surface area (Å²) in [6, 6.07) is 0.455. The van der Waals surface area contributed by atoms with Crippen LogP contribution in [0.4, 0.5) is 0 Å². The van der Waals surface area contributed by atoms with Gasteiger partial charge in [0, 0.05) is 38.6 Å². The van der Waals surface area contributed by atoms with Crippen molar-refractivity contribution in [2.75, 3.05) is 39.4 Å². The zero-order valence-electron chi connectivity index (χ0n) is 15.4. The zero-order chi connectivity index (χ0) is 16.8. The molecule has 1 N–H and O–H groups in total. The monoisotopic (exact) mass is 461 g/mol. The third kappa shape index (κ3) is 6.13. The lowest BCUT2D eigenvalue weighted by Gasteiger charge is -2.39. The second kappa shape index (κ2) is 10.4. The maximum absolute atomic E-state index is 5.70. The van der Waals surface area contributed by atoms with E-state index in [9.17, 15) is 0 Å². The van der Waals surface area contributed by atoms with Crippen molar-refractivity contribution in [2.45, 2.75) is 39.2 Å². The van der Waals surface area contributed by atoms with Gasteiger partial charge < -0.3 is 19.5 Å². The van der Waals surface area contributed by atoms with E-state index >= 15 is 0 Å². The first-order chi connectivity index (χ1) is 11.8. The second-order valence-electron chi connectivity index (χ2n) is 7.04. The summed E-state index contributed by atoms with van der Waals surface area (Å²) in [5.41, 5.74) is 0. The van der Waals surface area contributed by atoms with E-state index in [1.807, 2.05) is 12.5 Å². The number of imidazole rings is 1. The number of halogens is 1. The first kappa shape index (κ1) is 20.5. The van der Waals surface area contributed by atoms with Gasteiger partial charge in [-0.2, -0.15) is 0 Å². The third-order valence-corrected chi connectivity index (χ3v) is 5.01. The molecule has 25 heavy (non-hydrogen) atoms. The van der Waals surface area contributed by atoms with Gasteiger partial charge in [-0.1, -0.05) is 6.92 Å². The molecule has 6 nitrogen and oxygen atoms in total. The van der Waals surface area contributed by atoms with Crippen molar-refractivity contribution in [3.63, 3.8) is 0 Å². The lowest BCUT2D eigenvalue weighted by Crippen LogP contribution is -2.49. The highest BCUT2D eigenvalue weighted by Crippen LogP contribution is 2.29. The van der Waals surface area contributed by atoms with Crippen molar-refractivity contribution in [3.05, 3.63) is 18.7 Å². The number of likely N-dealkylation sites (tertiary alicyclic amines) is 1. The van der Waals surface area contributed by atoms with Crippen LogP contribution in [0.3, 0.4) is 0 Å². The number of hydrogen-bond donors (Lipinski definition) is 1. The number of nitrogens with zero attached hydrogens (tertiary/aromatic N) is 4. The van der Waals surface area contributed by atoms with Crippen LogP contribution in [0.25, 0.3) is 0 Å². The minimum Gasteiger partial charge on any atom is -0.379 e. The number of guanidine groups is 1. The summed E-state index contributed by atoms with van der Waals surface area (Å²) in [4.78, 5) is 11.4. The Morgan fingerprint density at radius 3 is 2.88 bits per heavy atom. The third-order valence-electron chi connectivity index (χ3n) is 5.01. The van der Waals surface area contributed by atoms with Crippen molar-refractivity contribution >= 4 is 29.9 Å². The molecule has 1 aliphatic carbocycles. The van der Waals surface area contributed by atoms with Crippen LogP contribution in [0.5, 0.6) is 0 Å². The molecule has 1 aromatic heterocycles. The molecule has 0 bridgehead atoms. The molecule has 1 saturated heterocycles. The van der Waals surface area contributed by atoms with E-state index in [1.165, 1.54) is 19.3 Å². The van der Waals surface area contributed by atoms with E-state index in [4.69, 9.17) is 9.73 Å². The molecule has 3 rings (SSSR count). The molecule has 1 aromatic rings. The summed E-state index contributed by atoms with van der Waals surface area (Å²) in [6.07, 6.45) is 9.72. The maximum Gasteiger partial charge on any atom is 0.194 e. The van der Waals surface area contributed by atoms with E-state index in [2.05, 4.69) is 39.8 Å². The summed E-state index contributed by atoms with van der Waals surface area (Å²) >= 11 is 0. The fourth-order valence-corrected chi connectivity index (χ4v) is 3.27. The Balaban J connectivity index is 0.00000225. The Morgan fingerprint density at radius 1 is 1.36 bits per heavy atom. The predicted molar refractivity (Wildman–Crippen MR) is 112 cm³/mol. The van der Waals surface area contributed by atoms with Gasteiger partial charge in [-0.25, -0.2) is 4.98 Å². The molecule has 2 heterocycles. The molecule has 2 atom stereocenters. The molecular formula is C18H32IN5O. The van der Waals surface area contributed by atoms with E-state index < -0.39 is 0 Å². The highest BCUT2D eigenvalue weighted by molar-refractivity contribution is 14.0. The minimum atomic E-state index is 0. The molecule has 2 unspecified atom stereocenters. The Kier molecular flexibility index (Phi) is 8.48. The van der Waals surface area contributed by atoms with Crippen molar-refractivity contribution in [2.24, 2.45) is 16.8 Å². The van der Waals surface area contributed by atoms with Crippen LogP contribution < -0.4 is 5.32 Å². The molecular weight excluding hydrogens is 429 g/mol. The van der Waals surface area contributed by atoms with Crippen LogP contribution in [0.15, 0.2) is 23.7 Å². The van der Waals surface area contributed by atoms with Crippen LogP contribution in [0.1, 0.15) is 39.2 Å². The molecule has 0 spiro atoms. The summed E-state index contributed by atoms with van der Waals surface area (Å²) < 4.78 is 7.94. The summed E-state index contributed by atoms with van der Waals surface area (Å²) in [5, 5.41) is 3.44. The van der Waals surface area contributed by atoms with Gasteiger partial charge in [0.15, 0.2) is 5.96 Å². The largest absolute Gasteiger partial charge is 0.379 e. The molecule has 142 valence electrons. The Labute approximate surface area is 168 Å². The van der Waals surface area contributed by atoms with Crippen LogP contribution in [-0.4, -0.2) is 59.8 Å². The fourth-order valence-electron chi connectivity index (χ4n) is 3.27. The summed E-state index contributed by atoms with van der Waals surface area (Å²) in [6.45, 7) is 9.75. The standard InChI is InChI=1S/C18H31N5O.HI/c1-3-20-18(21-8-11-24-13-16-4-5-16)22-9-6-15(2)17(12-22)23-10-7-19-14-23;/h7,10,14-17H,3-6,8-9,11-13H2,1-2H3,(H,20,21);1H. The van der Waals surface area contributed by atoms with E-state index in [0.29, 0.717) is 12.0 Å². The number of ether oxygens (including phenoxy) is 1. The maximum atomic E-state index is 5.70. The van der Waals surface area contributed by atoms with Crippen LogP contribution >= 0.6 is 24.0 Å². The Hall–Kier alpha value is -0.830. The molecule has 0 aromatic carbocycles. The normalized spacial score (nSPS) is 24.1. The Bertz CT molecular complexity index is 518. The topological polar surface area (TPSA) is 54.7 Å².